The summed E-state index contributed by atoms with van der Waals surface area (Å²) in [6, 6.07) is 1.71. The Morgan fingerprint density at radius 3 is 3.00 bits per heavy atom. The smallest absolute Gasteiger partial charge is 0.258 e. The Kier molecular flexibility index (Phi) is 2.54. The van der Waals surface area contributed by atoms with Crippen LogP contribution in [0.3, 0.4) is 0 Å². The van der Waals surface area contributed by atoms with Gasteiger partial charge in [-0.3, -0.25) is 9.69 Å². The van der Waals surface area contributed by atoms with Gasteiger partial charge in [0.2, 0.25) is 0 Å². The maximum absolute atomic E-state index is 11.8. The van der Waals surface area contributed by atoms with Gasteiger partial charge in [-0.05, 0) is 19.5 Å². The molecule has 0 N–H and O–H groups in total. The Morgan fingerprint density at radius 1 is 1.50 bits per heavy atom. The fourth-order valence-corrected chi connectivity index (χ4v) is 1.70. The van der Waals surface area contributed by atoms with Crippen LogP contribution in [0.4, 0.5) is 0 Å². The lowest BCUT2D eigenvalue weighted by molar-refractivity contribution is 0.0555. The van der Waals surface area contributed by atoms with Gasteiger partial charge in [0.25, 0.3) is 5.91 Å². The topological polar surface area (TPSA) is 36.7 Å². The predicted molar refractivity (Wildman–Crippen MR) is 51.9 cm³/mol. The molecule has 0 spiro atoms. The van der Waals surface area contributed by atoms with Gasteiger partial charge in [0.15, 0.2) is 0 Å². The summed E-state index contributed by atoms with van der Waals surface area (Å²) in [4.78, 5) is 15.8. The molecule has 2 heterocycles. The van der Waals surface area contributed by atoms with Gasteiger partial charge in [0.1, 0.15) is 6.26 Å². The van der Waals surface area contributed by atoms with Crippen LogP contribution in [0.25, 0.3) is 0 Å². The van der Waals surface area contributed by atoms with E-state index >= 15 is 0 Å². The van der Waals surface area contributed by atoms with Crippen molar-refractivity contribution in [3.8, 4) is 0 Å². The molecule has 4 heteroatoms. The molecule has 0 atom stereocenters. The quantitative estimate of drug-likeness (QED) is 0.669. The Labute approximate surface area is 83.1 Å². The highest BCUT2D eigenvalue weighted by atomic mass is 16.3. The minimum Gasteiger partial charge on any atom is -0.472 e. The number of hydrogen-bond donors (Lipinski definition) is 0. The monoisotopic (exact) mass is 194 g/mol. The number of carbonyl (C=O) groups excluding carboxylic acids is 1. The van der Waals surface area contributed by atoms with Crippen molar-refractivity contribution in [3.05, 3.63) is 24.2 Å². The van der Waals surface area contributed by atoms with Gasteiger partial charge in [0, 0.05) is 13.1 Å². The number of hydrogen-bond acceptors (Lipinski definition) is 3. The minimum absolute atomic E-state index is 0.0605. The zero-order chi connectivity index (χ0) is 9.97. The lowest BCUT2D eigenvalue weighted by Gasteiger charge is -2.32. The average Bonchev–Trinajstić information content (AvgIpc) is 2.69. The average molecular weight is 194 g/mol. The molecule has 1 aliphatic heterocycles. The standard InChI is InChI=1S/C10H14N2O2/c1-11-4-2-5-12(8-11)10(13)9-3-6-14-7-9/h3,6-7H,2,4-5,8H2,1H3. The molecule has 1 saturated heterocycles. The summed E-state index contributed by atoms with van der Waals surface area (Å²) >= 11 is 0. The second-order valence-corrected chi connectivity index (χ2v) is 3.66. The second kappa shape index (κ2) is 3.84. The fourth-order valence-electron chi connectivity index (χ4n) is 1.70. The van der Waals surface area contributed by atoms with Crippen LogP contribution in [0.5, 0.6) is 0 Å². The summed E-state index contributed by atoms with van der Waals surface area (Å²) in [7, 11) is 2.02. The maximum Gasteiger partial charge on any atom is 0.258 e. The molecule has 1 amide bonds. The number of furan rings is 1. The molecule has 1 aromatic rings. The third kappa shape index (κ3) is 1.80. The number of amides is 1. The molecule has 1 aliphatic rings. The van der Waals surface area contributed by atoms with Crippen molar-refractivity contribution in [2.75, 3.05) is 26.8 Å². The van der Waals surface area contributed by atoms with E-state index in [2.05, 4.69) is 4.90 Å². The second-order valence-electron chi connectivity index (χ2n) is 3.66. The Hall–Kier alpha value is -1.29. The van der Waals surface area contributed by atoms with E-state index in [9.17, 15) is 4.79 Å². The van der Waals surface area contributed by atoms with Crippen LogP contribution in [0, 0.1) is 0 Å². The van der Waals surface area contributed by atoms with E-state index in [1.165, 1.54) is 12.5 Å². The molecule has 0 unspecified atom stereocenters. The van der Waals surface area contributed by atoms with E-state index < -0.39 is 0 Å². The van der Waals surface area contributed by atoms with Crippen molar-refractivity contribution >= 4 is 5.91 Å². The van der Waals surface area contributed by atoms with Crippen molar-refractivity contribution in [1.82, 2.24) is 9.80 Å². The van der Waals surface area contributed by atoms with Gasteiger partial charge < -0.3 is 9.32 Å². The van der Waals surface area contributed by atoms with E-state index in [1.54, 1.807) is 6.07 Å². The molecular formula is C10H14N2O2. The molecule has 0 bridgehead atoms. The number of nitrogens with zero attached hydrogens (tertiary/aromatic N) is 2. The van der Waals surface area contributed by atoms with Gasteiger partial charge >= 0.3 is 0 Å². The molecule has 0 saturated carbocycles. The zero-order valence-corrected chi connectivity index (χ0v) is 8.27. The van der Waals surface area contributed by atoms with Crippen LogP contribution in [-0.2, 0) is 0 Å². The lowest BCUT2D eigenvalue weighted by atomic mass is 10.2. The first kappa shape index (κ1) is 9.27. The summed E-state index contributed by atoms with van der Waals surface area (Å²) in [6.07, 6.45) is 4.07. The molecule has 2 rings (SSSR count). The SMILES string of the molecule is CN1CCCN(C(=O)c2ccoc2)C1. The highest BCUT2D eigenvalue weighted by molar-refractivity contribution is 5.93. The number of rotatable bonds is 1. The zero-order valence-electron chi connectivity index (χ0n) is 8.27. The van der Waals surface area contributed by atoms with Crippen LogP contribution in [0.15, 0.2) is 23.0 Å². The molecule has 1 fully saturated rings. The van der Waals surface area contributed by atoms with Gasteiger partial charge in [0.05, 0.1) is 18.5 Å². The molecule has 0 radical (unpaired) electrons. The highest BCUT2D eigenvalue weighted by Crippen LogP contribution is 2.10. The van der Waals surface area contributed by atoms with Crippen LogP contribution in [0.2, 0.25) is 0 Å². The van der Waals surface area contributed by atoms with E-state index in [4.69, 9.17) is 4.42 Å². The van der Waals surface area contributed by atoms with Gasteiger partial charge in [-0.1, -0.05) is 0 Å². The third-order valence-corrected chi connectivity index (χ3v) is 2.44. The summed E-state index contributed by atoms with van der Waals surface area (Å²) in [5.74, 6) is 0.0605. The largest absolute Gasteiger partial charge is 0.472 e. The van der Waals surface area contributed by atoms with Gasteiger partial charge in [-0.25, -0.2) is 0 Å². The van der Waals surface area contributed by atoms with E-state index in [-0.39, 0.29) is 5.91 Å². The summed E-state index contributed by atoms with van der Waals surface area (Å²) < 4.78 is 4.89. The molecule has 0 aliphatic carbocycles. The molecule has 76 valence electrons. The highest BCUT2D eigenvalue weighted by Gasteiger charge is 2.20. The third-order valence-electron chi connectivity index (χ3n) is 2.44. The lowest BCUT2D eigenvalue weighted by Crippen LogP contribution is -2.45. The van der Waals surface area contributed by atoms with Crippen LogP contribution >= 0.6 is 0 Å². The number of carbonyl (C=O) groups is 1. The van der Waals surface area contributed by atoms with Crippen molar-refractivity contribution < 1.29 is 9.21 Å². The van der Waals surface area contributed by atoms with E-state index in [1.807, 2.05) is 11.9 Å². The molecule has 14 heavy (non-hydrogen) atoms. The molecule has 0 aromatic carbocycles. The Morgan fingerprint density at radius 2 is 2.36 bits per heavy atom. The maximum atomic E-state index is 11.8. The van der Waals surface area contributed by atoms with Crippen molar-refractivity contribution in [2.45, 2.75) is 6.42 Å². The van der Waals surface area contributed by atoms with E-state index in [0.717, 1.165) is 19.5 Å². The molecular weight excluding hydrogens is 180 g/mol. The minimum atomic E-state index is 0.0605. The van der Waals surface area contributed by atoms with Crippen LogP contribution in [0.1, 0.15) is 16.8 Å². The van der Waals surface area contributed by atoms with Gasteiger partial charge in [-0.15, -0.1) is 0 Å². The molecule has 1 aromatic heterocycles. The first-order chi connectivity index (χ1) is 6.77. The summed E-state index contributed by atoms with van der Waals surface area (Å²) in [5.41, 5.74) is 0.639. The van der Waals surface area contributed by atoms with Gasteiger partial charge in [-0.2, -0.15) is 0 Å². The van der Waals surface area contributed by atoms with Crippen LogP contribution < -0.4 is 0 Å². The normalized spacial score (nSPS) is 18.5. The Bertz CT molecular complexity index is 308. The summed E-state index contributed by atoms with van der Waals surface area (Å²) in [5, 5.41) is 0. The fraction of sp³-hybridized carbons (Fsp3) is 0.500. The van der Waals surface area contributed by atoms with Crippen LogP contribution in [-0.4, -0.2) is 42.5 Å². The summed E-state index contributed by atoms with van der Waals surface area (Å²) in [6.45, 7) is 2.62. The molecule has 4 nitrogen and oxygen atoms in total. The first-order valence-electron chi connectivity index (χ1n) is 4.77. The predicted octanol–water partition coefficient (Wildman–Crippen LogP) is 1.01. The van der Waals surface area contributed by atoms with Crippen molar-refractivity contribution in [2.24, 2.45) is 0 Å². The van der Waals surface area contributed by atoms with Crippen molar-refractivity contribution in [1.29, 1.82) is 0 Å². The Balaban J connectivity index is 2.04. The first-order valence-corrected chi connectivity index (χ1v) is 4.77. The van der Waals surface area contributed by atoms with Crippen molar-refractivity contribution in [3.63, 3.8) is 0 Å². The van der Waals surface area contributed by atoms with E-state index in [0.29, 0.717) is 12.2 Å².